The van der Waals surface area contributed by atoms with Crippen LogP contribution in [0.1, 0.15) is 16.0 Å². The molecule has 0 aliphatic heterocycles. The van der Waals surface area contributed by atoms with E-state index in [2.05, 4.69) is 31.9 Å². The highest BCUT2D eigenvalue weighted by Crippen LogP contribution is 2.35. The summed E-state index contributed by atoms with van der Waals surface area (Å²) in [7, 11) is 0. The van der Waals surface area contributed by atoms with E-state index >= 15 is 0 Å². The van der Waals surface area contributed by atoms with Gasteiger partial charge in [0.25, 0.3) is 0 Å². The van der Waals surface area contributed by atoms with Crippen molar-refractivity contribution in [3.8, 4) is 0 Å². The highest BCUT2D eigenvalue weighted by molar-refractivity contribution is 9.11. The Kier molecular flexibility index (Phi) is 4.23. The third-order valence-corrected chi connectivity index (χ3v) is 4.36. The normalized spacial score (nSPS) is 12.5. The molecule has 0 aliphatic rings. The Labute approximate surface area is 121 Å². The number of rotatable bonds is 2. The fraction of sp³-hybridized carbons (Fsp3) is 0.0769. The van der Waals surface area contributed by atoms with Crippen LogP contribution >= 0.6 is 43.5 Å². The van der Waals surface area contributed by atoms with E-state index in [0.717, 1.165) is 15.6 Å². The Hall–Kier alpha value is -0.380. The van der Waals surface area contributed by atoms with E-state index in [9.17, 15) is 4.39 Å². The molecule has 0 bridgehead atoms. The Morgan fingerprint density at radius 3 is 2.29 bits per heavy atom. The van der Waals surface area contributed by atoms with Crippen LogP contribution in [-0.2, 0) is 0 Å². The SMILES string of the molecule is Fc1ccc(C(Br)c2ccc(Cl)cc2)c(Br)c1. The maximum atomic E-state index is 13.0. The highest BCUT2D eigenvalue weighted by Gasteiger charge is 2.13. The van der Waals surface area contributed by atoms with Crippen LogP contribution in [0.2, 0.25) is 5.02 Å². The van der Waals surface area contributed by atoms with Crippen LogP contribution in [0, 0.1) is 5.82 Å². The molecule has 17 heavy (non-hydrogen) atoms. The Balaban J connectivity index is 2.36. The van der Waals surface area contributed by atoms with E-state index in [-0.39, 0.29) is 10.6 Å². The molecular weight excluding hydrogens is 370 g/mol. The van der Waals surface area contributed by atoms with E-state index < -0.39 is 0 Å². The van der Waals surface area contributed by atoms with Gasteiger partial charge in [-0.15, -0.1) is 0 Å². The van der Waals surface area contributed by atoms with Gasteiger partial charge in [0.1, 0.15) is 5.82 Å². The van der Waals surface area contributed by atoms with Gasteiger partial charge in [-0.05, 0) is 35.4 Å². The first-order valence-electron chi connectivity index (χ1n) is 4.92. The Morgan fingerprint density at radius 2 is 1.71 bits per heavy atom. The van der Waals surface area contributed by atoms with Gasteiger partial charge in [-0.25, -0.2) is 4.39 Å². The fourth-order valence-corrected chi connectivity index (χ4v) is 3.24. The van der Waals surface area contributed by atoms with Gasteiger partial charge in [-0.1, -0.05) is 61.7 Å². The maximum absolute atomic E-state index is 13.0. The average Bonchev–Trinajstić information content (AvgIpc) is 2.29. The molecule has 2 rings (SSSR count). The Bertz CT molecular complexity index is 525. The minimum absolute atomic E-state index is 0.00902. The van der Waals surface area contributed by atoms with Crippen molar-refractivity contribution in [1.82, 2.24) is 0 Å². The average molecular weight is 378 g/mol. The van der Waals surface area contributed by atoms with Crippen molar-refractivity contribution >= 4 is 43.5 Å². The third-order valence-electron chi connectivity index (χ3n) is 2.40. The summed E-state index contributed by atoms with van der Waals surface area (Å²) in [6.07, 6.45) is 0. The first kappa shape index (κ1) is 13.1. The van der Waals surface area contributed by atoms with E-state index in [1.165, 1.54) is 12.1 Å². The minimum atomic E-state index is -0.253. The minimum Gasteiger partial charge on any atom is -0.207 e. The lowest BCUT2D eigenvalue weighted by Crippen LogP contribution is -1.94. The van der Waals surface area contributed by atoms with E-state index in [1.54, 1.807) is 6.07 Å². The van der Waals surface area contributed by atoms with Crippen molar-refractivity contribution in [2.45, 2.75) is 4.83 Å². The van der Waals surface area contributed by atoms with E-state index in [0.29, 0.717) is 5.02 Å². The standard InChI is InChI=1S/C13H8Br2ClF/c14-12-7-10(17)5-6-11(12)13(15)8-1-3-9(16)4-2-8/h1-7,13H. The quantitative estimate of drug-likeness (QED) is 0.586. The Morgan fingerprint density at radius 1 is 1.06 bits per heavy atom. The van der Waals surface area contributed by atoms with Crippen LogP contribution in [0.3, 0.4) is 0 Å². The van der Waals surface area contributed by atoms with Crippen molar-refractivity contribution in [3.63, 3.8) is 0 Å². The number of hydrogen-bond donors (Lipinski definition) is 0. The second-order valence-corrected chi connectivity index (χ2v) is 5.79. The number of alkyl halides is 1. The lowest BCUT2D eigenvalue weighted by atomic mass is 10.1. The highest BCUT2D eigenvalue weighted by atomic mass is 79.9. The monoisotopic (exact) mass is 376 g/mol. The second kappa shape index (κ2) is 5.51. The first-order valence-corrected chi connectivity index (χ1v) is 7.01. The molecule has 0 spiro atoms. The van der Waals surface area contributed by atoms with Crippen molar-refractivity contribution in [2.24, 2.45) is 0 Å². The zero-order valence-electron chi connectivity index (χ0n) is 8.63. The topological polar surface area (TPSA) is 0 Å². The molecule has 0 radical (unpaired) electrons. The van der Waals surface area contributed by atoms with Crippen molar-refractivity contribution in [3.05, 3.63) is 68.9 Å². The molecule has 0 aliphatic carbocycles. The maximum Gasteiger partial charge on any atom is 0.124 e. The summed E-state index contributed by atoms with van der Waals surface area (Å²) in [5.74, 6) is -0.253. The molecule has 0 fully saturated rings. The summed E-state index contributed by atoms with van der Waals surface area (Å²) >= 11 is 12.8. The number of hydrogen-bond acceptors (Lipinski definition) is 0. The van der Waals surface area contributed by atoms with Gasteiger partial charge in [0.15, 0.2) is 0 Å². The lowest BCUT2D eigenvalue weighted by molar-refractivity contribution is 0.626. The molecule has 2 aromatic carbocycles. The molecule has 0 aromatic heterocycles. The molecule has 0 N–H and O–H groups in total. The second-order valence-electron chi connectivity index (χ2n) is 3.58. The molecule has 1 atom stereocenters. The molecule has 88 valence electrons. The van der Waals surface area contributed by atoms with Gasteiger partial charge >= 0.3 is 0 Å². The summed E-state index contributed by atoms with van der Waals surface area (Å²) in [5.41, 5.74) is 2.05. The van der Waals surface area contributed by atoms with Gasteiger partial charge < -0.3 is 0 Å². The van der Waals surface area contributed by atoms with Gasteiger partial charge in [-0.2, -0.15) is 0 Å². The van der Waals surface area contributed by atoms with Gasteiger partial charge in [0, 0.05) is 9.50 Å². The predicted octanol–water partition coefficient (Wildman–Crippen LogP) is 5.73. The molecule has 0 amide bonds. The summed E-state index contributed by atoms with van der Waals surface area (Å²) in [6, 6.07) is 12.2. The van der Waals surface area contributed by atoms with Gasteiger partial charge in [-0.3, -0.25) is 0 Å². The summed E-state index contributed by atoms with van der Waals surface area (Å²) in [5, 5.41) is 0.701. The zero-order valence-corrected chi connectivity index (χ0v) is 12.6. The zero-order chi connectivity index (χ0) is 12.4. The molecule has 2 aromatic rings. The molecule has 4 heteroatoms. The lowest BCUT2D eigenvalue weighted by Gasteiger charge is -2.12. The van der Waals surface area contributed by atoms with Crippen LogP contribution in [0.4, 0.5) is 4.39 Å². The van der Waals surface area contributed by atoms with Crippen molar-refractivity contribution in [1.29, 1.82) is 0 Å². The largest absolute Gasteiger partial charge is 0.207 e. The van der Waals surface area contributed by atoms with Crippen LogP contribution in [0.25, 0.3) is 0 Å². The van der Waals surface area contributed by atoms with E-state index in [4.69, 9.17) is 11.6 Å². The molecule has 0 saturated heterocycles. The third kappa shape index (κ3) is 3.09. The van der Waals surface area contributed by atoms with Crippen molar-refractivity contribution in [2.75, 3.05) is 0 Å². The van der Waals surface area contributed by atoms with Gasteiger partial charge in [0.2, 0.25) is 0 Å². The van der Waals surface area contributed by atoms with E-state index in [1.807, 2.05) is 24.3 Å². The van der Waals surface area contributed by atoms with Crippen LogP contribution in [0.15, 0.2) is 46.9 Å². The van der Waals surface area contributed by atoms with Gasteiger partial charge in [0.05, 0.1) is 4.83 Å². The molecule has 1 unspecified atom stereocenters. The van der Waals surface area contributed by atoms with Crippen LogP contribution in [-0.4, -0.2) is 0 Å². The predicted molar refractivity (Wildman–Crippen MR) is 76.3 cm³/mol. The summed E-state index contributed by atoms with van der Waals surface area (Å²) in [4.78, 5) is 0.00902. The van der Waals surface area contributed by atoms with Crippen molar-refractivity contribution < 1.29 is 4.39 Å². The number of benzene rings is 2. The molecule has 0 nitrogen and oxygen atoms in total. The fourth-order valence-electron chi connectivity index (χ4n) is 1.52. The van der Waals surface area contributed by atoms with Crippen LogP contribution in [0.5, 0.6) is 0 Å². The smallest absolute Gasteiger partial charge is 0.124 e. The summed E-state index contributed by atoms with van der Waals surface area (Å²) in [6.45, 7) is 0. The molecule has 0 saturated carbocycles. The van der Waals surface area contributed by atoms with Crippen LogP contribution < -0.4 is 0 Å². The molecular formula is C13H8Br2ClF. The first-order chi connectivity index (χ1) is 8.08. The summed E-state index contributed by atoms with van der Waals surface area (Å²) < 4.78 is 13.7. The molecule has 0 heterocycles. The number of halogens is 4.